The summed E-state index contributed by atoms with van der Waals surface area (Å²) < 4.78 is 37.5. The first-order chi connectivity index (χ1) is 19.4. The van der Waals surface area contributed by atoms with E-state index in [0.717, 1.165) is 5.56 Å². The Balaban J connectivity index is 1.59. The molecule has 11 heteroatoms. The first-order valence-electron chi connectivity index (χ1n) is 12.4. The monoisotopic (exact) mass is 539 g/mol. The zero-order valence-electron chi connectivity index (χ0n) is 21.5. The Morgan fingerprint density at radius 2 is 1.77 bits per heavy atom. The molecule has 0 saturated carbocycles. The van der Waals surface area contributed by atoms with Crippen LogP contribution in [0.4, 0.5) is 14.6 Å². The number of halogens is 2. The maximum absolute atomic E-state index is 14.8. The van der Waals surface area contributed by atoms with Crippen LogP contribution in [0.25, 0.3) is 33.2 Å². The minimum Gasteiger partial charge on any atom is -0.494 e. The van der Waals surface area contributed by atoms with Crippen LogP contribution >= 0.6 is 0 Å². The zero-order chi connectivity index (χ0) is 28.0. The van der Waals surface area contributed by atoms with Crippen molar-refractivity contribution >= 4 is 27.8 Å². The van der Waals surface area contributed by atoms with Gasteiger partial charge in [-0.25, -0.2) is 28.4 Å². The Morgan fingerprint density at radius 3 is 2.52 bits per heavy atom. The molecule has 0 aliphatic heterocycles. The third-order valence-electron chi connectivity index (χ3n) is 6.83. The summed E-state index contributed by atoms with van der Waals surface area (Å²) in [5.74, 6) is -0.639. The summed E-state index contributed by atoms with van der Waals surface area (Å²) in [6.45, 7) is 1.96. The van der Waals surface area contributed by atoms with E-state index in [-0.39, 0.29) is 29.0 Å². The number of nitrogen functional groups attached to an aromatic ring is 1. The van der Waals surface area contributed by atoms with Gasteiger partial charge in [0, 0.05) is 5.56 Å². The summed E-state index contributed by atoms with van der Waals surface area (Å²) in [5.41, 5.74) is 7.95. The molecule has 0 spiro atoms. The number of hydrogen-bond acceptors (Lipinski definition) is 7. The van der Waals surface area contributed by atoms with E-state index in [4.69, 9.17) is 20.6 Å². The summed E-state index contributed by atoms with van der Waals surface area (Å²) in [6.07, 6.45) is 1.31. The standard InChI is InChI=1S/C29H23F2N7O2/c1-16(27-35-21-10-6-9-19(30)23(21)29(39)37(27)14-17-7-4-3-5-8-17)38-28-24(26(32)33-15-34-28)25(36-38)18-11-12-22(40-2)20(31)13-18/h3-13,15-16H,14H2,1-2H3,(H2,32,33,34). The molecule has 0 radical (unpaired) electrons. The van der Waals surface area contributed by atoms with Crippen LogP contribution in [-0.2, 0) is 6.54 Å². The van der Waals surface area contributed by atoms with Gasteiger partial charge in [-0.15, -0.1) is 0 Å². The van der Waals surface area contributed by atoms with Crippen LogP contribution in [0.3, 0.4) is 0 Å². The lowest BCUT2D eigenvalue weighted by Gasteiger charge is -2.19. The summed E-state index contributed by atoms with van der Waals surface area (Å²) in [5, 5.41) is 5.09. The van der Waals surface area contributed by atoms with Crippen LogP contribution in [0, 0.1) is 11.6 Å². The Labute approximate surface area is 226 Å². The quantitative estimate of drug-likeness (QED) is 0.326. The van der Waals surface area contributed by atoms with Crippen molar-refractivity contribution in [2.75, 3.05) is 12.8 Å². The highest BCUT2D eigenvalue weighted by Gasteiger charge is 2.26. The highest BCUT2D eigenvalue weighted by molar-refractivity contribution is 5.98. The number of methoxy groups -OCH3 is 1. The van der Waals surface area contributed by atoms with Crippen LogP contribution in [-0.4, -0.2) is 36.4 Å². The van der Waals surface area contributed by atoms with Crippen molar-refractivity contribution in [3.05, 3.63) is 106 Å². The minimum absolute atomic E-state index is 0.0857. The molecule has 200 valence electrons. The first kappa shape index (κ1) is 25.1. The van der Waals surface area contributed by atoms with Gasteiger partial charge in [0.05, 0.1) is 24.6 Å². The third kappa shape index (κ3) is 4.12. The minimum atomic E-state index is -0.669. The van der Waals surface area contributed by atoms with E-state index in [2.05, 4.69) is 9.97 Å². The van der Waals surface area contributed by atoms with Crippen molar-refractivity contribution in [1.82, 2.24) is 29.3 Å². The number of nitrogens with two attached hydrogens (primary N) is 1. The molecule has 0 saturated heterocycles. The van der Waals surface area contributed by atoms with Crippen molar-refractivity contribution in [2.45, 2.75) is 19.5 Å². The van der Waals surface area contributed by atoms with Gasteiger partial charge in [0.1, 0.15) is 40.9 Å². The molecule has 6 rings (SSSR count). The van der Waals surface area contributed by atoms with Crippen LogP contribution < -0.4 is 16.0 Å². The largest absolute Gasteiger partial charge is 0.494 e. The van der Waals surface area contributed by atoms with Gasteiger partial charge in [0.15, 0.2) is 17.2 Å². The van der Waals surface area contributed by atoms with Gasteiger partial charge in [0.25, 0.3) is 5.56 Å². The Kier molecular flexibility index (Phi) is 6.18. The molecule has 1 atom stereocenters. The normalized spacial score (nSPS) is 12.2. The van der Waals surface area contributed by atoms with Gasteiger partial charge >= 0.3 is 0 Å². The van der Waals surface area contributed by atoms with Crippen molar-refractivity contribution in [1.29, 1.82) is 0 Å². The SMILES string of the molecule is COc1ccc(-c2nn(C(C)c3nc4cccc(F)c4c(=O)n3Cc3ccccc3)c3ncnc(N)c23)cc1F. The highest BCUT2D eigenvalue weighted by Crippen LogP contribution is 2.34. The molecular formula is C29H23F2N7O2. The molecule has 1 unspecified atom stereocenters. The van der Waals surface area contributed by atoms with E-state index in [1.807, 2.05) is 30.3 Å². The maximum Gasteiger partial charge on any atom is 0.264 e. The lowest BCUT2D eigenvalue weighted by Crippen LogP contribution is -2.29. The van der Waals surface area contributed by atoms with Gasteiger partial charge in [-0.05, 0) is 42.8 Å². The Bertz CT molecular complexity index is 1950. The number of rotatable bonds is 6. The summed E-state index contributed by atoms with van der Waals surface area (Å²) >= 11 is 0. The summed E-state index contributed by atoms with van der Waals surface area (Å²) in [7, 11) is 1.38. The molecule has 9 nitrogen and oxygen atoms in total. The fourth-order valence-electron chi connectivity index (χ4n) is 4.87. The molecule has 0 amide bonds. The maximum atomic E-state index is 14.8. The summed E-state index contributed by atoms with van der Waals surface area (Å²) in [4.78, 5) is 27.0. The molecule has 2 N–H and O–H groups in total. The van der Waals surface area contributed by atoms with Crippen LogP contribution in [0.15, 0.2) is 77.9 Å². The van der Waals surface area contributed by atoms with E-state index in [1.165, 1.54) is 42.3 Å². The molecular weight excluding hydrogens is 516 g/mol. The molecule has 3 aromatic carbocycles. The predicted molar refractivity (Wildman–Crippen MR) is 147 cm³/mol. The van der Waals surface area contributed by atoms with E-state index >= 15 is 0 Å². The van der Waals surface area contributed by atoms with Crippen LogP contribution in [0.1, 0.15) is 24.4 Å². The van der Waals surface area contributed by atoms with Crippen LogP contribution in [0.2, 0.25) is 0 Å². The fraction of sp³-hybridized carbons (Fsp3) is 0.138. The molecule has 40 heavy (non-hydrogen) atoms. The zero-order valence-corrected chi connectivity index (χ0v) is 21.5. The average Bonchev–Trinajstić information content (AvgIpc) is 3.35. The molecule has 3 heterocycles. The van der Waals surface area contributed by atoms with Crippen LogP contribution in [0.5, 0.6) is 5.75 Å². The number of anilines is 1. The Morgan fingerprint density at radius 1 is 0.975 bits per heavy atom. The lowest BCUT2D eigenvalue weighted by atomic mass is 10.1. The van der Waals surface area contributed by atoms with E-state index < -0.39 is 23.2 Å². The molecule has 0 aliphatic rings. The topological polar surface area (TPSA) is 114 Å². The second kappa shape index (κ2) is 9.84. The second-order valence-corrected chi connectivity index (χ2v) is 9.26. The van der Waals surface area contributed by atoms with Gasteiger partial charge in [0.2, 0.25) is 0 Å². The van der Waals surface area contributed by atoms with E-state index in [9.17, 15) is 13.6 Å². The van der Waals surface area contributed by atoms with Gasteiger partial charge in [-0.2, -0.15) is 5.10 Å². The molecule has 3 aromatic heterocycles. The fourth-order valence-corrected chi connectivity index (χ4v) is 4.87. The first-order valence-corrected chi connectivity index (χ1v) is 12.4. The number of fused-ring (bicyclic) bond motifs is 2. The Hall–Kier alpha value is -5.19. The third-order valence-corrected chi connectivity index (χ3v) is 6.83. The van der Waals surface area contributed by atoms with Gasteiger partial charge < -0.3 is 10.5 Å². The molecule has 0 aliphatic carbocycles. The summed E-state index contributed by atoms with van der Waals surface area (Å²) in [6, 6.07) is 17.5. The predicted octanol–water partition coefficient (Wildman–Crippen LogP) is 4.73. The number of nitrogens with zero attached hydrogens (tertiary/aromatic N) is 6. The van der Waals surface area contributed by atoms with Crippen molar-refractivity contribution < 1.29 is 13.5 Å². The molecule has 0 bridgehead atoms. The number of hydrogen-bond donors (Lipinski definition) is 1. The van der Waals surface area contributed by atoms with Gasteiger partial charge in [-0.3, -0.25) is 9.36 Å². The lowest BCUT2D eigenvalue weighted by molar-refractivity contribution is 0.386. The highest BCUT2D eigenvalue weighted by atomic mass is 19.1. The van der Waals surface area contributed by atoms with E-state index in [0.29, 0.717) is 28.1 Å². The van der Waals surface area contributed by atoms with E-state index in [1.54, 1.807) is 23.7 Å². The second-order valence-electron chi connectivity index (χ2n) is 9.26. The molecule has 6 aromatic rings. The smallest absolute Gasteiger partial charge is 0.264 e. The number of aromatic nitrogens is 6. The van der Waals surface area contributed by atoms with Crippen molar-refractivity contribution in [2.24, 2.45) is 0 Å². The van der Waals surface area contributed by atoms with Gasteiger partial charge in [-0.1, -0.05) is 36.4 Å². The van der Waals surface area contributed by atoms with Crippen molar-refractivity contribution in [3.8, 4) is 17.0 Å². The van der Waals surface area contributed by atoms with Crippen molar-refractivity contribution in [3.63, 3.8) is 0 Å². The molecule has 0 fully saturated rings. The average molecular weight is 540 g/mol. The number of benzene rings is 3. The number of ether oxygens (including phenoxy) is 1.